The van der Waals surface area contributed by atoms with E-state index in [1.807, 2.05) is 61.6 Å². The van der Waals surface area contributed by atoms with E-state index in [9.17, 15) is 4.79 Å². The maximum Gasteiger partial charge on any atom is 0.321 e. The van der Waals surface area contributed by atoms with Crippen LogP contribution in [-0.2, 0) is 0 Å². The molecule has 0 bridgehead atoms. The third kappa shape index (κ3) is 4.91. The Kier molecular flexibility index (Phi) is 6.15. The fraction of sp³-hybridized carbons (Fsp3) is 0.227. The predicted octanol–water partition coefficient (Wildman–Crippen LogP) is 4.81. The molecule has 0 spiro atoms. The number of hydrogen-bond acceptors (Lipinski definition) is 4. The molecule has 138 valence electrons. The van der Waals surface area contributed by atoms with Gasteiger partial charge >= 0.3 is 6.01 Å². The smallest absolute Gasteiger partial charge is 0.321 e. The van der Waals surface area contributed by atoms with Gasteiger partial charge in [-0.25, -0.2) is 9.97 Å². The Labute approximate surface area is 159 Å². The SMILES string of the molecule is CCCCN(C)C(=O)c1ccc(-c2cnc(Oc3ccccc3)nc2)cc1. The van der Waals surface area contributed by atoms with Crippen molar-refractivity contribution in [2.24, 2.45) is 0 Å². The Hall–Kier alpha value is -3.21. The summed E-state index contributed by atoms with van der Waals surface area (Å²) in [7, 11) is 1.84. The minimum Gasteiger partial charge on any atom is -0.424 e. The van der Waals surface area contributed by atoms with Crippen molar-refractivity contribution >= 4 is 5.91 Å². The quantitative estimate of drug-likeness (QED) is 0.606. The molecule has 3 rings (SSSR count). The molecule has 1 aromatic heterocycles. The normalized spacial score (nSPS) is 10.4. The molecular formula is C22H23N3O2. The number of para-hydroxylation sites is 1. The van der Waals surface area contributed by atoms with Crippen LogP contribution in [0.2, 0.25) is 0 Å². The van der Waals surface area contributed by atoms with Crippen molar-refractivity contribution in [2.45, 2.75) is 19.8 Å². The summed E-state index contributed by atoms with van der Waals surface area (Å²) in [5.41, 5.74) is 2.50. The number of rotatable bonds is 7. The van der Waals surface area contributed by atoms with E-state index in [0.29, 0.717) is 17.3 Å². The molecule has 0 unspecified atom stereocenters. The van der Waals surface area contributed by atoms with Gasteiger partial charge in [0.05, 0.1) is 0 Å². The average molecular weight is 361 g/mol. The van der Waals surface area contributed by atoms with Crippen molar-refractivity contribution in [1.82, 2.24) is 14.9 Å². The van der Waals surface area contributed by atoms with E-state index < -0.39 is 0 Å². The van der Waals surface area contributed by atoms with Crippen LogP contribution in [0, 0.1) is 0 Å². The molecule has 0 atom stereocenters. The summed E-state index contributed by atoms with van der Waals surface area (Å²) in [6, 6.07) is 17.2. The standard InChI is InChI=1S/C22H23N3O2/c1-3-4-14-25(2)21(26)18-12-10-17(11-13-18)19-15-23-22(24-16-19)27-20-8-6-5-7-9-20/h5-13,15-16H,3-4,14H2,1-2H3. The Morgan fingerprint density at radius 1 is 0.963 bits per heavy atom. The van der Waals surface area contributed by atoms with Crippen molar-refractivity contribution in [3.05, 3.63) is 72.6 Å². The first-order chi connectivity index (χ1) is 13.2. The molecule has 1 heterocycles. The van der Waals surface area contributed by atoms with Crippen LogP contribution in [0.5, 0.6) is 11.8 Å². The number of nitrogens with zero attached hydrogens (tertiary/aromatic N) is 3. The second kappa shape index (κ2) is 8.94. The van der Waals surface area contributed by atoms with Gasteiger partial charge in [0.25, 0.3) is 5.91 Å². The summed E-state index contributed by atoms with van der Waals surface area (Å²) < 4.78 is 5.61. The summed E-state index contributed by atoms with van der Waals surface area (Å²) in [6.45, 7) is 2.89. The van der Waals surface area contributed by atoms with Gasteiger partial charge in [0.2, 0.25) is 0 Å². The van der Waals surface area contributed by atoms with Crippen LogP contribution in [-0.4, -0.2) is 34.4 Å². The number of ether oxygens (including phenoxy) is 1. The van der Waals surface area contributed by atoms with Gasteiger partial charge in [-0.2, -0.15) is 0 Å². The lowest BCUT2D eigenvalue weighted by atomic mass is 10.1. The van der Waals surface area contributed by atoms with E-state index in [4.69, 9.17) is 4.74 Å². The molecule has 0 N–H and O–H groups in total. The third-order valence-corrected chi connectivity index (χ3v) is 4.24. The molecule has 5 heteroatoms. The first-order valence-corrected chi connectivity index (χ1v) is 9.08. The van der Waals surface area contributed by atoms with E-state index in [0.717, 1.165) is 30.5 Å². The molecule has 0 saturated heterocycles. The zero-order valence-corrected chi connectivity index (χ0v) is 15.6. The Morgan fingerprint density at radius 3 is 2.26 bits per heavy atom. The first-order valence-electron chi connectivity index (χ1n) is 9.08. The molecule has 27 heavy (non-hydrogen) atoms. The predicted molar refractivity (Wildman–Crippen MR) is 106 cm³/mol. The van der Waals surface area contributed by atoms with Crippen LogP contribution in [0.4, 0.5) is 0 Å². The average Bonchev–Trinajstić information content (AvgIpc) is 2.73. The van der Waals surface area contributed by atoms with Crippen LogP contribution in [0.1, 0.15) is 30.1 Å². The van der Waals surface area contributed by atoms with Crippen LogP contribution in [0.25, 0.3) is 11.1 Å². The van der Waals surface area contributed by atoms with Crippen LogP contribution >= 0.6 is 0 Å². The van der Waals surface area contributed by atoms with Gasteiger partial charge < -0.3 is 9.64 Å². The third-order valence-electron chi connectivity index (χ3n) is 4.24. The highest BCUT2D eigenvalue weighted by molar-refractivity contribution is 5.94. The zero-order valence-electron chi connectivity index (χ0n) is 15.6. The second-order valence-electron chi connectivity index (χ2n) is 6.33. The number of carbonyl (C=O) groups excluding carboxylic acids is 1. The summed E-state index contributed by atoms with van der Waals surface area (Å²) in [4.78, 5) is 22.7. The maximum absolute atomic E-state index is 12.4. The molecule has 3 aromatic rings. The number of carbonyl (C=O) groups is 1. The molecule has 0 aliphatic rings. The van der Waals surface area contributed by atoms with Gasteiger partial charge in [0, 0.05) is 37.1 Å². The van der Waals surface area contributed by atoms with Crippen molar-refractivity contribution in [3.8, 4) is 22.9 Å². The molecule has 0 fully saturated rings. The zero-order chi connectivity index (χ0) is 19.1. The maximum atomic E-state index is 12.4. The molecule has 0 saturated carbocycles. The monoisotopic (exact) mass is 361 g/mol. The molecule has 2 aromatic carbocycles. The molecule has 0 aliphatic heterocycles. The molecule has 5 nitrogen and oxygen atoms in total. The summed E-state index contributed by atoms with van der Waals surface area (Å²) >= 11 is 0. The van der Waals surface area contributed by atoms with Gasteiger partial charge in [0.15, 0.2) is 0 Å². The van der Waals surface area contributed by atoms with Gasteiger partial charge in [-0.05, 0) is 36.2 Å². The Morgan fingerprint density at radius 2 is 1.63 bits per heavy atom. The largest absolute Gasteiger partial charge is 0.424 e. The van der Waals surface area contributed by atoms with E-state index in [2.05, 4.69) is 16.9 Å². The summed E-state index contributed by atoms with van der Waals surface area (Å²) in [5.74, 6) is 0.734. The van der Waals surface area contributed by atoms with E-state index in [-0.39, 0.29) is 5.91 Å². The lowest BCUT2D eigenvalue weighted by Crippen LogP contribution is -2.27. The van der Waals surface area contributed by atoms with Crippen molar-refractivity contribution < 1.29 is 9.53 Å². The number of aromatic nitrogens is 2. The van der Waals surface area contributed by atoms with E-state index in [1.54, 1.807) is 17.3 Å². The van der Waals surface area contributed by atoms with Crippen LogP contribution in [0.15, 0.2) is 67.0 Å². The summed E-state index contributed by atoms with van der Waals surface area (Å²) in [5, 5.41) is 0. The minimum atomic E-state index is 0.0397. The number of hydrogen-bond donors (Lipinski definition) is 0. The molecular weight excluding hydrogens is 338 g/mol. The number of benzene rings is 2. The lowest BCUT2D eigenvalue weighted by molar-refractivity contribution is 0.0793. The highest BCUT2D eigenvalue weighted by atomic mass is 16.5. The lowest BCUT2D eigenvalue weighted by Gasteiger charge is -2.16. The highest BCUT2D eigenvalue weighted by Gasteiger charge is 2.11. The molecule has 1 amide bonds. The topological polar surface area (TPSA) is 55.3 Å². The number of unbranched alkanes of at least 4 members (excludes halogenated alkanes) is 1. The van der Waals surface area contributed by atoms with E-state index in [1.165, 1.54) is 0 Å². The van der Waals surface area contributed by atoms with Gasteiger partial charge in [-0.1, -0.05) is 43.7 Å². The number of amides is 1. The first kappa shape index (κ1) is 18.6. The fourth-order valence-electron chi connectivity index (χ4n) is 2.63. The van der Waals surface area contributed by atoms with E-state index >= 15 is 0 Å². The Bertz CT molecular complexity index is 862. The van der Waals surface area contributed by atoms with Crippen molar-refractivity contribution in [1.29, 1.82) is 0 Å². The second-order valence-corrected chi connectivity index (χ2v) is 6.33. The summed E-state index contributed by atoms with van der Waals surface area (Å²) in [6.07, 6.45) is 5.51. The van der Waals surface area contributed by atoms with Crippen LogP contribution in [0.3, 0.4) is 0 Å². The minimum absolute atomic E-state index is 0.0397. The fourth-order valence-corrected chi connectivity index (χ4v) is 2.63. The van der Waals surface area contributed by atoms with Crippen molar-refractivity contribution in [3.63, 3.8) is 0 Å². The Balaban J connectivity index is 1.67. The van der Waals surface area contributed by atoms with Crippen LogP contribution < -0.4 is 4.74 Å². The van der Waals surface area contributed by atoms with Gasteiger partial charge in [-0.15, -0.1) is 0 Å². The molecule has 0 aliphatic carbocycles. The van der Waals surface area contributed by atoms with Gasteiger partial charge in [-0.3, -0.25) is 4.79 Å². The van der Waals surface area contributed by atoms with Gasteiger partial charge in [0.1, 0.15) is 5.75 Å². The highest BCUT2D eigenvalue weighted by Crippen LogP contribution is 2.22. The molecule has 0 radical (unpaired) electrons. The van der Waals surface area contributed by atoms with Crippen molar-refractivity contribution in [2.75, 3.05) is 13.6 Å².